The number of hydrogen-bond acceptors (Lipinski definition) is 5. The Labute approximate surface area is 176 Å². The molecule has 7 nitrogen and oxygen atoms in total. The van der Waals surface area contributed by atoms with Gasteiger partial charge in [-0.05, 0) is 31.2 Å². The van der Waals surface area contributed by atoms with Gasteiger partial charge in [0, 0.05) is 26.2 Å². The minimum Gasteiger partial charge on any atom is -0.492 e. The highest BCUT2D eigenvalue weighted by Crippen LogP contribution is 2.30. The lowest BCUT2D eigenvalue weighted by atomic mass is 10.2. The lowest BCUT2D eigenvalue weighted by molar-refractivity contribution is -0.129. The molecule has 0 aromatic heterocycles. The Bertz CT molecular complexity index is 991. The smallest absolute Gasteiger partial charge is 0.243 e. The van der Waals surface area contributed by atoms with E-state index in [1.165, 1.54) is 6.07 Å². The molecule has 30 heavy (non-hydrogen) atoms. The van der Waals surface area contributed by atoms with E-state index in [0.717, 1.165) is 10.6 Å². The van der Waals surface area contributed by atoms with Crippen LogP contribution in [0.4, 0.5) is 15.8 Å². The minimum atomic E-state index is -3.71. The summed E-state index contributed by atoms with van der Waals surface area (Å²) in [6, 6.07) is 13.3. The Kier molecular flexibility index (Phi) is 6.81. The molecular weight excluding hydrogens is 409 g/mol. The predicted octanol–water partition coefficient (Wildman–Crippen LogP) is 2.34. The first-order valence-corrected chi connectivity index (χ1v) is 11.6. The van der Waals surface area contributed by atoms with E-state index in [9.17, 15) is 17.6 Å². The molecule has 0 aliphatic carbocycles. The van der Waals surface area contributed by atoms with Crippen LogP contribution in [0.2, 0.25) is 0 Å². The Balaban J connectivity index is 1.71. The quantitative estimate of drug-likeness (QED) is 0.668. The number of halogens is 1. The minimum absolute atomic E-state index is 0.298. The van der Waals surface area contributed by atoms with Crippen LogP contribution in [0, 0.1) is 5.82 Å². The molecule has 0 saturated carbocycles. The lowest BCUT2D eigenvalue weighted by Crippen LogP contribution is -2.52. The van der Waals surface area contributed by atoms with E-state index in [1.807, 2.05) is 11.8 Å². The van der Waals surface area contributed by atoms with Crippen molar-refractivity contribution < 1.29 is 22.3 Å². The molecule has 9 heteroatoms. The van der Waals surface area contributed by atoms with Crippen LogP contribution in [0.25, 0.3) is 0 Å². The average molecular weight is 436 g/mol. The van der Waals surface area contributed by atoms with Gasteiger partial charge in [0.2, 0.25) is 15.9 Å². The highest BCUT2D eigenvalue weighted by molar-refractivity contribution is 7.92. The number of para-hydroxylation sites is 3. The summed E-state index contributed by atoms with van der Waals surface area (Å²) in [5, 5.41) is 0. The van der Waals surface area contributed by atoms with Crippen molar-refractivity contribution in [2.75, 3.05) is 54.8 Å². The van der Waals surface area contributed by atoms with Gasteiger partial charge in [-0.2, -0.15) is 0 Å². The van der Waals surface area contributed by atoms with Crippen LogP contribution >= 0.6 is 0 Å². The molecule has 2 aromatic carbocycles. The maximum absolute atomic E-state index is 14.0. The molecule has 0 bridgehead atoms. The molecule has 1 amide bonds. The van der Waals surface area contributed by atoms with Crippen LogP contribution < -0.4 is 13.9 Å². The SMILES string of the molecule is CCOc1ccccc1N(CC(=O)N1CCN(c2ccccc2F)CC1)S(C)(=O)=O. The van der Waals surface area contributed by atoms with E-state index in [2.05, 4.69) is 0 Å². The van der Waals surface area contributed by atoms with E-state index in [1.54, 1.807) is 47.4 Å². The third kappa shape index (κ3) is 5.02. The third-order valence-corrected chi connectivity index (χ3v) is 6.06. The average Bonchev–Trinajstić information content (AvgIpc) is 2.72. The van der Waals surface area contributed by atoms with E-state index >= 15 is 0 Å². The third-order valence-electron chi connectivity index (χ3n) is 4.94. The van der Waals surface area contributed by atoms with Gasteiger partial charge in [0.05, 0.1) is 24.2 Å². The van der Waals surface area contributed by atoms with Crippen LogP contribution in [0.5, 0.6) is 5.75 Å². The van der Waals surface area contributed by atoms with Gasteiger partial charge in [-0.1, -0.05) is 24.3 Å². The summed E-state index contributed by atoms with van der Waals surface area (Å²) in [6.07, 6.45) is 1.07. The van der Waals surface area contributed by atoms with Crippen LogP contribution in [-0.4, -0.2) is 64.8 Å². The molecule has 1 fully saturated rings. The van der Waals surface area contributed by atoms with Gasteiger partial charge in [-0.15, -0.1) is 0 Å². The summed E-state index contributed by atoms with van der Waals surface area (Å²) in [4.78, 5) is 16.4. The summed E-state index contributed by atoms with van der Waals surface area (Å²) < 4.78 is 45.5. The fourth-order valence-electron chi connectivity index (χ4n) is 3.45. The lowest BCUT2D eigenvalue weighted by Gasteiger charge is -2.37. The van der Waals surface area contributed by atoms with Crippen molar-refractivity contribution in [2.24, 2.45) is 0 Å². The van der Waals surface area contributed by atoms with Crippen LogP contribution in [-0.2, 0) is 14.8 Å². The fraction of sp³-hybridized carbons (Fsp3) is 0.381. The zero-order chi connectivity index (χ0) is 21.7. The number of carbonyl (C=O) groups is 1. The second-order valence-electron chi connectivity index (χ2n) is 6.99. The number of anilines is 2. The van der Waals surface area contributed by atoms with Gasteiger partial charge < -0.3 is 14.5 Å². The number of rotatable bonds is 7. The number of benzene rings is 2. The number of hydrogen-bond donors (Lipinski definition) is 0. The van der Waals surface area contributed by atoms with Crippen LogP contribution in [0.1, 0.15) is 6.92 Å². The summed E-state index contributed by atoms with van der Waals surface area (Å²) in [5.41, 5.74) is 0.841. The first-order chi connectivity index (χ1) is 14.3. The van der Waals surface area contributed by atoms with Gasteiger partial charge in [0.1, 0.15) is 18.1 Å². The highest BCUT2D eigenvalue weighted by Gasteiger charge is 2.28. The molecule has 1 aliphatic rings. The second-order valence-corrected chi connectivity index (χ2v) is 8.90. The molecule has 1 aliphatic heterocycles. The van der Waals surface area contributed by atoms with Gasteiger partial charge in [0.25, 0.3) is 0 Å². The number of amides is 1. The molecule has 3 rings (SSSR count). The van der Waals surface area contributed by atoms with E-state index in [0.29, 0.717) is 49.9 Å². The first kappa shape index (κ1) is 21.9. The topological polar surface area (TPSA) is 70.2 Å². The van der Waals surface area contributed by atoms with Gasteiger partial charge in [-0.25, -0.2) is 12.8 Å². The van der Waals surface area contributed by atoms with Gasteiger partial charge >= 0.3 is 0 Å². The molecule has 1 saturated heterocycles. The molecule has 0 spiro atoms. The van der Waals surface area contributed by atoms with E-state index in [4.69, 9.17) is 4.74 Å². The second kappa shape index (κ2) is 9.34. The molecule has 162 valence electrons. The molecule has 0 radical (unpaired) electrons. The highest BCUT2D eigenvalue weighted by atomic mass is 32.2. The van der Waals surface area contributed by atoms with E-state index < -0.39 is 10.0 Å². The summed E-state index contributed by atoms with van der Waals surface area (Å²) in [6.45, 7) is 3.59. The molecule has 2 aromatic rings. The summed E-state index contributed by atoms with van der Waals surface area (Å²) in [5.74, 6) is -0.199. The first-order valence-electron chi connectivity index (χ1n) is 9.78. The Morgan fingerprint density at radius 3 is 2.33 bits per heavy atom. The normalized spacial score (nSPS) is 14.5. The number of sulfonamides is 1. The molecule has 0 N–H and O–H groups in total. The number of nitrogens with zero attached hydrogens (tertiary/aromatic N) is 3. The van der Waals surface area contributed by atoms with Crippen molar-refractivity contribution in [3.05, 3.63) is 54.3 Å². The fourth-order valence-corrected chi connectivity index (χ4v) is 4.30. The predicted molar refractivity (Wildman–Crippen MR) is 115 cm³/mol. The Morgan fingerprint density at radius 1 is 1.07 bits per heavy atom. The van der Waals surface area contributed by atoms with Crippen molar-refractivity contribution in [3.63, 3.8) is 0 Å². The molecule has 0 unspecified atom stereocenters. The molecular formula is C21H26FN3O4S. The molecule has 1 heterocycles. The Morgan fingerprint density at radius 2 is 1.70 bits per heavy atom. The monoisotopic (exact) mass is 435 g/mol. The van der Waals surface area contributed by atoms with Crippen molar-refractivity contribution in [2.45, 2.75) is 6.92 Å². The van der Waals surface area contributed by atoms with Crippen LogP contribution in [0.3, 0.4) is 0 Å². The number of piperazine rings is 1. The largest absolute Gasteiger partial charge is 0.492 e. The van der Waals surface area contributed by atoms with Crippen LogP contribution in [0.15, 0.2) is 48.5 Å². The zero-order valence-electron chi connectivity index (χ0n) is 17.1. The van der Waals surface area contributed by atoms with Crippen molar-refractivity contribution in [1.82, 2.24) is 4.90 Å². The standard InChI is InChI=1S/C21H26FN3O4S/c1-3-29-20-11-7-6-10-19(20)25(30(2,27)28)16-21(26)24-14-12-23(13-15-24)18-9-5-4-8-17(18)22/h4-11H,3,12-16H2,1-2H3. The Hall–Kier alpha value is -2.81. The maximum atomic E-state index is 14.0. The van der Waals surface area contributed by atoms with Crippen molar-refractivity contribution >= 4 is 27.3 Å². The summed E-state index contributed by atoms with van der Waals surface area (Å²) in [7, 11) is -3.71. The molecule has 0 atom stereocenters. The number of carbonyl (C=O) groups excluding carboxylic acids is 1. The summed E-state index contributed by atoms with van der Waals surface area (Å²) >= 11 is 0. The van der Waals surface area contributed by atoms with Crippen molar-refractivity contribution in [1.29, 1.82) is 0 Å². The maximum Gasteiger partial charge on any atom is 0.243 e. The van der Waals surface area contributed by atoms with Gasteiger partial charge in [0.15, 0.2) is 0 Å². The number of ether oxygens (including phenoxy) is 1. The van der Waals surface area contributed by atoms with E-state index in [-0.39, 0.29) is 18.3 Å². The van der Waals surface area contributed by atoms with Gasteiger partial charge in [-0.3, -0.25) is 9.10 Å². The van der Waals surface area contributed by atoms with Crippen molar-refractivity contribution in [3.8, 4) is 5.75 Å². The zero-order valence-corrected chi connectivity index (χ0v) is 17.9.